The van der Waals surface area contributed by atoms with Crippen molar-refractivity contribution in [3.63, 3.8) is 0 Å². The van der Waals surface area contributed by atoms with Crippen LogP contribution < -0.4 is 9.47 Å². The van der Waals surface area contributed by atoms with Gasteiger partial charge in [-0.3, -0.25) is 14.6 Å². The van der Waals surface area contributed by atoms with Gasteiger partial charge in [-0.2, -0.15) is 0 Å². The Bertz CT molecular complexity index is 928. The molecule has 2 aliphatic rings. The third-order valence-electron chi connectivity index (χ3n) is 3.60. The van der Waals surface area contributed by atoms with E-state index in [0.29, 0.717) is 22.0 Å². The lowest BCUT2D eigenvalue weighted by Crippen LogP contribution is -2.34. The van der Waals surface area contributed by atoms with Crippen LogP contribution >= 0.6 is 24.0 Å². The Hall–Kier alpha value is -2.71. The first-order chi connectivity index (χ1) is 12.1. The lowest BCUT2D eigenvalue weighted by molar-refractivity contribution is -0.120. The Morgan fingerprint density at radius 3 is 2.92 bits per heavy atom. The highest BCUT2D eigenvalue weighted by atomic mass is 32.2. The van der Waals surface area contributed by atoms with E-state index in [-0.39, 0.29) is 11.1 Å². The van der Waals surface area contributed by atoms with Crippen LogP contribution in [-0.2, 0) is 4.79 Å². The van der Waals surface area contributed by atoms with Crippen LogP contribution in [0.5, 0.6) is 11.5 Å². The first-order valence-corrected chi connectivity index (χ1v) is 8.48. The van der Waals surface area contributed by atoms with Crippen molar-refractivity contribution in [2.24, 2.45) is 0 Å². The van der Waals surface area contributed by atoms with E-state index < -0.39 is 11.8 Å². The molecule has 1 fully saturated rings. The number of imide groups is 1. The van der Waals surface area contributed by atoms with Gasteiger partial charge < -0.3 is 9.47 Å². The minimum atomic E-state index is -0.482. The zero-order valence-electron chi connectivity index (χ0n) is 12.7. The molecule has 2 aromatic rings. The molecule has 0 unspecified atom stereocenters. The Balaban J connectivity index is 1.62. The molecule has 124 valence electrons. The van der Waals surface area contributed by atoms with E-state index >= 15 is 0 Å². The van der Waals surface area contributed by atoms with Crippen molar-refractivity contribution in [3.8, 4) is 11.5 Å². The van der Waals surface area contributed by atoms with Gasteiger partial charge in [-0.1, -0.05) is 30.0 Å². The average molecular weight is 370 g/mol. The fourth-order valence-electron chi connectivity index (χ4n) is 2.42. The molecule has 2 aliphatic heterocycles. The molecule has 1 saturated heterocycles. The number of nitrogens with zero attached hydrogens (tertiary/aromatic N) is 2. The number of carbonyl (C=O) groups is 2. The molecule has 0 saturated carbocycles. The normalized spacial score (nSPS) is 17.4. The highest BCUT2D eigenvalue weighted by molar-refractivity contribution is 8.26. The Kier molecular flexibility index (Phi) is 3.98. The number of fused-ring (bicyclic) bond motifs is 1. The maximum absolute atomic E-state index is 12.6. The summed E-state index contributed by atoms with van der Waals surface area (Å²) in [7, 11) is 0. The standard InChI is InChI=1S/C17H10N2O4S2/c20-15(11-2-1-5-18-8-11)19-16(21)14(25-17(19)24)7-10-3-4-12-13(6-10)23-9-22-12/h1-8H,9H2/b14-7+. The molecule has 1 aromatic heterocycles. The largest absolute Gasteiger partial charge is 0.454 e. The third-order valence-corrected chi connectivity index (χ3v) is 4.90. The zero-order chi connectivity index (χ0) is 17.4. The maximum Gasteiger partial charge on any atom is 0.273 e. The van der Waals surface area contributed by atoms with Crippen molar-refractivity contribution in [2.75, 3.05) is 6.79 Å². The van der Waals surface area contributed by atoms with Gasteiger partial charge in [0.1, 0.15) is 0 Å². The van der Waals surface area contributed by atoms with E-state index in [4.69, 9.17) is 21.7 Å². The fraction of sp³-hybridized carbons (Fsp3) is 0.0588. The molecule has 6 nitrogen and oxygen atoms in total. The van der Waals surface area contributed by atoms with Crippen LogP contribution in [0.15, 0.2) is 47.6 Å². The van der Waals surface area contributed by atoms with Crippen LogP contribution in [0.25, 0.3) is 6.08 Å². The molecular weight excluding hydrogens is 360 g/mol. The predicted molar refractivity (Wildman–Crippen MR) is 96.1 cm³/mol. The van der Waals surface area contributed by atoms with Crippen LogP contribution in [0, 0.1) is 0 Å². The minimum Gasteiger partial charge on any atom is -0.454 e. The smallest absolute Gasteiger partial charge is 0.273 e. The summed E-state index contributed by atoms with van der Waals surface area (Å²) in [5, 5.41) is 0. The molecular formula is C17H10N2O4S2. The van der Waals surface area contributed by atoms with Crippen molar-refractivity contribution in [2.45, 2.75) is 0 Å². The van der Waals surface area contributed by atoms with Crippen LogP contribution in [0.4, 0.5) is 0 Å². The molecule has 0 radical (unpaired) electrons. The van der Waals surface area contributed by atoms with Crippen LogP contribution in [0.2, 0.25) is 0 Å². The summed E-state index contributed by atoms with van der Waals surface area (Å²) in [6.45, 7) is 0.181. The third kappa shape index (κ3) is 2.90. The molecule has 0 atom stereocenters. The molecule has 2 amide bonds. The average Bonchev–Trinajstić information content (AvgIpc) is 3.19. The van der Waals surface area contributed by atoms with Gasteiger partial charge in [0.2, 0.25) is 6.79 Å². The van der Waals surface area contributed by atoms with Gasteiger partial charge in [0.05, 0.1) is 10.5 Å². The van der Waals surface area contributed by atoms with Gasteiger partial charge >= 0.3 is 0 Å². The second kappa shape index (κ2) is 6.30. The molecule has 0 bridgehead atoms. The summed E-state index contributed by atoms with van der Waals surface area (Å²) < 4.78 is 10.8. The van der Waals surface area contributed by atoms with Crippen molar-refractivity contribution >= 4 is 46.2 Å². The van der Waals surface area contributed by atoms with Crippen molar-refractivity contribution in [3.05, 3.63) is 58.8 Å². The van der Waals surface area contributed by atoms with Gasteiger partial charge in [-0.05, 0) is 35.9 Å². The maximum atomic E-state index is 12.6. The first-order valence-electron chi connectivity index (χ1n) is 7.25. The van der Waals surface area contributed by atoms with Gasteiger partial charge in [0.25, 0.3) is 11.8 Å². The number of ether oxygens (including phenoxy) is 2. The van der Waals surface area contributed by atoms with Gasteiger partial charge in [-0.15, -0.1) is 0 Å². The highest BCUT2D eigenvalue weighted by Crippen LogP contribution is 2.36. The Morgan fingerprint density at radius 1 is 1.28 bits per heavy atom. The summed E-state index contributed by atoms with van der Waals surface area (Å²) >= 11 is 6.30. The number of thioether (sulfide) groups is 1. The number of carbonyl (C=O) groups excluding carboxylic acids is 2. The van der Waals surface area contributed by atoms with Gasteiger partial charge in [0.15, 0.2) is 15.8 Å². The van der Waals surface area contributed by atoms with Crippen LogP contribution in [0.3, 0.4) is 0 Å². The van der Waals surface area contributed by atoms with E-state index in [9.17, 15) is 9.59 Å². The highest BCUT2D eigenvalue weighted by Gasteiger charge is 2.37. The molecule has 8 heteroatoms. The number of amides is 2. The Morgan fingerprint density at radius 2 is 2.12 bits per heavy atom. The second-order valence-corrected chi connectivity index (χ2v) is 6.85. The lowest BCUT2D eigenvalue weighted by Gasteiger charge is -2.11. The molecule has 0 spiro atoms. The minimum absolute atomic E-state index is 0.181. The lowest BCUT2D eigenvalue weighted by atomic mass is 10.2. The number of pyridine rings is 1. The molecule has 25 heavy (non-hydrogen) atoms. The Labute approximate surface area is 152 Å². The van der Waals surface area contributed by atoms with E-state index in [1.165, 1.54) is 6.20 Å². The van der Waals surface area contributed by atoms with Crippen LogP contribution in [0.1, 0.15) is 15.9 Å². The summed E-state index contributed by atoms with van der Waals surface area (Å²) in [4.78, 5) is 30.4. The number of rotatable bonds is 2. The van der Waals surface area contributed by atoms with E-state index in [1.807, 2.05) is 6.07 Å². The van der Waals surface area contributed by atoms with Crippen molar-refractivity contribution in [1.82, 2.24) is 9.88 Å². The fourth-order valence-corrected chi connectivity index (χ4v) is 3.67. The molecule has 4 rings (SSSR count). The number of thiocarbonyl (C=S) groups is 1. The number of benzene rings is 1. The number of aromatic nitrogens is 1. The second-order valence-electron chi connectivity index (χ2n) is 5.18. The quantitative estimate of drug-likeness (QED) is 0.457. The SMILES string of the molecule is O=C1/C(=C\c2ccc3c(c2)OCO3)SC(=S)N1C(=O)c1cccnc1. The summed E-state index contributed by atoms with van der Waals surface area (Å²) in [5.74, 6) is 0.360. The van der Waals surface area contributed by atoms with E-state index in [2.05, 4.69) is 4.98 Å². The summed E-state index contributed by atoms with van der Waals surface area (Å²) in [6.07, 6.45) is 4.64. The van der Waals surface area contributed by atoms with Crippen LogP contribution in [-0.4, -0.2) is 32.8 Å². The van der Waals surface area contributed by atoms with Gasteiger partial charge in [-0.25, -0.2) is 4.90 Å². The van der Waals surface area contributed by atoms with E-state index in [0.717, 1.165) is 22.2 Å². The summed E-state index contributed by atoms with van der Waals surface area (Å²) in [5.41, 5.74) is 1.07. The number of hydrogen-bond acceptors (Lipinski definition) is 7. The molecule has 0 N–H and O–H groups in total. The molecule has 1 aromatic carbocycles. The van der Waals surface area contributed by atoms with Crippen molar-refractivity contribution < 1.29 is 19.1 Å². The molecule has 0 aliphatic carbocycles. The van der Waals surface area contributed by atoms with Gasteiger partial charge in [0, 0.05) is 12.4 Å². The van der Waals surface area contributed by atoms with E-state index in [1.54, 1.807) is 36.5 Å². The molecule has 3 heterocycles. The zero-order valence-corrected chi connectivity index (χ0v) is 14.3. The predicted octanol–water partition coefficient (Wildman–Crippen LogP) is 2.85. The number of hydrogen-bond donors (Lipinski definition) is 0. The summed E-state index contributed by atoms with van der Waals surface area (Å²) in [6, 6.07) is 8.58. The van der Waals surface area contributed by atoms with Crippen molar-refractivity contribution in [1.29, 1.82) is 0 Å². The first kappa shape index (κ1) is 15.8. The monoisotopic (exact) mass is 370 g/mol. The topological polar surface area (TPSA) is 68.7 Å².